The van der Waals surface area contributed by atoms with Crippen molar-refractivity contribution >= 4 is 17.8 Å². The van der Waals surface area contributed by atoms with Gasteiger partial charge in [0.1, 0.15) is 12.1 Å². The summed E-state index contributed by atoms with van der Waals surface area (Å²) in [5.74, 6) is 0.103. The quantitative estimate of drug-likeness (QED) is 0.455. The Morgan fingerprint density at radius 2 is 1.92 bits per heavy atom. The molecule has 4 amide bonds. The van der Waals surface area contributed by atoms with Gasteiger partial charge in [-0.15, -0.1) is 0 Å². The molecule has 0 aromatic heterocycles. The summed E-state index contributed by atoms with van der Waals surface area (Å²) in [6.45, 7) is 6.12. The first-order valence-electron chi connectivity index (χ1n) is 9.14. The molecule has 24 heavy (non-hydrogen) atoms. The number of hydrogen-bond donors (Lipinski definition) is 3. The summed E-state index contributed by atoms with van der Waals surface area (Å²) in [7, 11) is 0. The monoisotopic (exact) mass is 338 g/mol. The zero-order valence-electron chi connectivity index (χ0n) is 14.8. The van der Waals surface area contributed by atoms with Crippen LogP contribution in [-0.4, -0.2) is 54.5 Å². The van der Waals surface area contributed by atoms with Gasteiger partial charge in [0.05, 0.1) is 0 Å². The molecule has 2 aliphatic rings. The Balaban J connectivity index is 1.82. The first-order valence-corrected chi connectivity index (χ1v) is 9.14. The largest absolute Gasteiger partial charge is 0.353 e. The van der Waals surface area contributed by atoms with E-state index in [9.17, 15) is 14.4 Å². The SMILES string of the molecule is CCCNCCNC(=O)CN1C(=O)NC2(CCC(CC)CC2)C1=O. The van der Waals surface area contributed by atoms with E-state index < -0.39 is 11.6 Å². The highest BCUT2D eigenvalue weighted by atomic mass is 16.2. The molecular weight excluding hydrogens is 308 g/mol. The van der Waals surface area contributed by atoms with Crippen LogP contribution >= 0.6 is 0 Å². The molecule has 2 rings (SSSR count). The Kier molecular flexibility index (Phi) is 6.60. The third-order valence-electron chi connectivity index (χ3n) is 5.13. The van der Waals surface area contributed by atoms with E-state index in [1.165, 1.54) is 0 Å². The Morgan fingerprint density at radius 3 is 2.54 bits per heavy atom. The molecule has 3 N–H and O–H groups in total. The van der Waals surface area contributed by atoms with Gasteiger partial charge in [0.25, 0.3) is 5.91 Å². The number of nitrogens with zero attached hydrogens (tertiary/aromatic N) is 1. The minimum atomic E-state index is -0.772. The minimum Gasteiger partial charge on any atom is -0.353 e. The maximum Gasteiger partial charge on any atom is 0.325 e. The number of hydrogen-bond acceptors (Lipinski definition) is 4. The van der Waals surface area contributed by atoms with E-state index >= 15 is 0 Å². The van der Waals surface area contributed by atoms with E-state index in [2.05, 4.69) is 29.8 Å². The first-order chi connectivity index (χ1) is 11.5. The second kappa shape index (κ2) is 8.46. The van der Waals surface area contributed by atoms with Crippen molar-refractivity contribution < 1.29 is 14.4 Å². The molecule has 1 saturated heterocycles. The Morgan fingerprint density at radius 1 is 1.21 bits per heavy atom. The van der Waals surface area contributed by atoms with Crippen molar-refractivity contribution in [2.75, 3.05) is 26.2 Å². The van der Waals surface area contributed by atoms with Gasteiger partial charge >= 0.3 is 6.03 Å². The fourth-order valence-corrected chi connectivity index (χ4v) is 3.53. The van der Waals surface area contributed by atoms with Crippen LogP contribution in [0.1, 0.15) is 52.4 Å². The molecule has 1 aliphatic carbocycles. The first kappa shape index (κ1) is 18.7. The predicted octanol–water partition coefficient (Wildman–Crippen LogP) is 0.993. The molecule has 0 radical (unpaired) electrons. The number of urea groups is 1. The molecule has 7 heteroatoms. The molecule has 0 bridgehead atoms. The van der Waals surface area contributed by atoms with E-state index in [-0.39, 0.29) is 18.4 Å². The maximum atomic E-state index is 12.7. The smallest absolute Gasteiger partial charge is 0.325 e. The van der Waals surface area contributed by atoms with Crippen LogP contribution in [0, 0.1) is 5.92 Å². The molecule has 0 atom stereocenters. The summed E-state index contributed by atoms with van der Waals surface area (Å²) in [6, 6.07) is -0.436. The van der Waals surface area contributed by atoms with E-state index in [1.54, 1.807) is 0 Å². The highest BCUT2D eigenvalue weighted by Gasteiger charge is 2.52. The van der Waals surface area contributed by atoms with Crippen molar-refractivity contribution in [2.24, 2.45) is 5.92 Å². The van der Waals surface area contributed by atoms with Crippen LogP contribution < -0.4 is 16.0 Å². The summed E-state index contributed by atoms with van der Waals surface area (Å²) < 4.78 is 0. The topological polar surface area (TPSA) is 90.5 Å². The molecule has 1 aliphatic heterocycles. The molecule has 0 aromatic carbocycles. The molecule has 0 unspecified atom stereocenters. The minimum absolute atomic E-state index is 0.197. The molecule has 0 aromatic rings. The maximum absolute atomic E-state index is 12.7. The van der Waals surface area contributed by atoms with Crippen LogP contribution in [0.4, 0.5) is 4.79 Å². The second-order valence-corrected chi connectivity index (χ2v) is 6.86. The molecule has 1 heterocycles. The van der Waals surface area contributed by atoms with Crippen molar-refractivity contribution in [1.29, 1.82) is 0 Å². The normalized spacial score (nSPS) is 26.8. The third-order valence-corrected chi connectivity index (χ3v) is 5.13. The summed E-state index contributed by atoms with van der Waals surface area (Å²) in [5.41, 5.74) is -0.772. The third kappa shape index (κ3) is 4.26. The fourth-order valence-electron chi connectivity index (χ4n) is 3.53. The number of carbonyl (C=O) groups is 3. The highest BCUT2D eigenvalue weighted by molar-refractivity contribution is 6.09. The van der Waals surface area contributed by atoms with Gasteiger partial charge in [-0.2, -0.15) is 0 Å². The van der Waals surface area contributed by atoms with Crippen LogP contribution in [-0.2, 0) is 9.59 Å². The van der Waals surface area contributed by atoms with Gasteiger partial charge in [0, 0.05) is 13.1 Å². The van der Waals surface area contributed by atoms with E-state index in [4.69, 9.17) is 0 Å². The number of nitrogens with one attached hydrogen (secondary N) is 3. The van der Waals surface area contributed by atoms with Crippen LogP contribution in [0.5, 0.6) is 0 Å². The Bertz CT molecular complexity index is 472. The van der Waals surface area contributed by atoms with Crippen molar-refractivity contribution in [2.45, 2.75) is 57.9 Å². The number of rotatable bonds is 8. The van der Waals surface area contributed by atoms with Crippen molar-refractivity contribution in [3.63, 3.8) is 0 Å². The van der Waals surface area contributed by atoms with Crippen LogP contribution in [0.15, 0.2) is 0 Å². The number of amides is 4. The van der Waals surface area contributed by atoms with Gasteiger partial charge < -0.3 is 16.0 Å². The summed E-state index contributed by atoms with van der Waals surface area (Å²) >= 11 is 0. The van der Waals surface area contributed by atoms with Crippen molar-refractivity contribution in [3.05, 3.63) is 0 Å². The van der Waals surface area contributed by atoms with Crippen LogP contribution in [0.3, 0.4) is 0 Å². The van der Waals surface area contributed by atoms with Gasteiger partial charge in [-0.1, -0.05) is 20.3 Å². The molecule has 2 fully saturated rings. The fraction of sp³-hybridized carbons (Fsp3) is 0.824. The van der Waals surface area contributed by atoms with E-state index in [0.29, 0.717) is 31.8 Å². The zero-order chi connectivity index (χ0) is 17.6. The van der Waals surface area contributed by atoms with Crippen LogP contribution in [0.25, 0.3) is 0 Å². The lowest BCUT2D eigenvalue weighted by Gasteiger charge is -2.34. The number of imide groups is 1. The zero-order valence-corrected chi connectivity index (χ0v) is 14.8. The molecule has 136 valence electrons. The second-order valence-electron chi connectivity index (χ2n) is 6.86. The average Bonchev–Trinajstić information content (AvgIpc) is 2.80. The van der Waals surface area contributed by atoms with Gasteiger partial charge in [0.15, 0.2) is 0 Å². The van der Waals surface area contributed by atoms with E-state index in [1.807, 2.05) is 0 Å². The van der Waals surface area contributed by atoms with Gasteiger partial charge in [-0.05, 0) is 44.6 Å². The van der Waals surface area contributed by atoms with Crippen molar-refractivity contribution in [3.8, 4) is 0 Å². The predicted molar refractivity (Wildman–Crippen MR) is 91.4 cm³/mol. The lowest BCUT2D eigenvalue weighted by atomic mass is 9.75. The van der Waals surface area contributed by atoms with Crippen molar-refractivity contribution in [1.82, 2.24) is 20.9 Å². The lowest BCUT2D eigenvalue weighted by Crippen LogP contribution is -2.50. The van der Waals surface area contributed by atoms with Gasteiger partial charge in [-0.3, -0.25) is 14.5 Å². The van der Waals surface area contributed by atoms with E-state index in [0.717, 1.165) is 37.1 Å². The van der Waals surface area contributed by atoms with Crippen LogP contribution in [0.2, 0.25) is 0 Å². The molecule has 7 nitrogen and oxygen atoms in total. The molecule has 1 spiro atoms. The summed E-state index contributed by atoms with van der Waals surface area (Å²) in [4.78, 5) is 37.9. The average molecular weight is 338 g/mol. The summed E-state index contributed by atoms with van der Waals surface area (Å²) in [5, 5.41) is 8.77. The standard InChI is InChI=1S/C17H30N4O3/c1-3-9-18-10-11-19-14(22)12-21-15(23)17(20-16(21)24)7-5-13(4-2)6-8-17/h13,18H,3-12H2,1-2H3,(H,19,22)(H,20,24). The summed E-state index contributed by atoms with van der Waals surface area (Å²) in [6.07, 6.45) is 5.40. The Labute approximate surface area is 143 Å². The highest BCUT2D eigenvalue weighted by Crippen LogP contribution is 2.37. The molecular formula is C17H30N4O3. The Hall–Kier alpha value is -1.63. The lowest BCUT2D eigenvalue weighted by molar-refractivity contribution is -0.136. The number of carbonyl (C=O) groups excluding carboxylic acids is 3. The van der Waals surface area contributed by atoms with Gasteiger partial charge in [-0.25, -0.2) is 4.79 Å². The molecule has 1 saturated carbocycles. The van der Waals surface area contributed by atoms with Gasteiger partial charge in [0.2, 0.25) is 5.91 Å².